The van der Waals surface area contributed by atoms with E-state index in [1.807, 2.05) is 13.0 Å². The number of benzene rings is 1. The van der Waals surface area contributed by atoms with Gasteiger partial charge in [-0.3, -0.25) is 4.57 Å². The Morgan fingerprint density at radius 1 is 1.36 bits per heavy atom. The van der Waals surface area contributed by atoms with Gasteiger partial charge in [-0.05, 0) is 12.0 Å². The SMILES string of the molecule is CC[CH]C(c1ccccc1)P(=O)(O)O. The fourth-order valence-corrected chi connectivity index (χ4v) is 2.39. The first-order chi connectivity index (χ1) is 6.55. The van der Waals surface area contributed by atoms with Crippen LogP contribution in [0.3, 0.4) is 0 Å². The molecule has 14 heavy (non-hydrogen) atoms. The molecule has 0 amide bonds. The van der Waals surface area contributed by atoms with Gasteiger partial charge in [-0.1, -0.05) is 43.7 Å². The molecule has 1 aromatic rings. The summed E-state index contributed by atoms with van der Waals surface area (Å²) >= 11 is 0. The second kappa shape index (κ2) is 4.74. The maximum Gasteiger partial charge on any atom is 0.333 e. The molecule has 2 N–H and O–H groups in total. The molecule has 0 saturated carbocycles. The first-order valence-electron chi connectivity index (χ1n) is 4.49. The quantitative estimate of drug-likeness (QED) is 0.755. The van der Waals surface area contributed by atoms with Crippen LogP contribution >= 0.6 is 7.60 Å². The number of hydrogen-bond acceptors (Lipinski definition) is 1. The van der Waals surface area contributed by atoms with Crippen molar-refractivity contribution in [2.24, 2.45) is 0 Å². The van der Waals surface area contributed by atoms with Crippen LogP contribution < -0.4 is 0 Å². The topological polar surface area (TPSA) is 57.5 Å². The Hall–Kier alpha value is -0.630. The summed E-state index contributed by atoms with van der Waals surface area (Å²) in [6, 6.07) is 8.85. The van der Waals surface area contributed by atoms with E-state index >= 15 is 0 Å². The van der Waals surface area contributed by atoms with Gasteiger partial charge in [0.1, 0.15) is 0 Å². The van der Waals surface area contributed by atoms with E-state index in [1.54, 1.807) is 30.7 Å². The van der Waals surface area contributed by atoms with Crippen molar-refractivity contribution < 1.29 is 14.4 Å². The Morgan fingerprint density at radius 3 is 2.36 bits per heavy atom. The zero-order chi connectivity index (χ0) is 10.6. The molecule has 3 nitrogen and oxygen atoms in total. The highest BCUT2D eigenvalue weighted by Crippen LogP contribution is 2.53. The molecular formula is C10H14O3P. The lowest BCUT2D eigenvalue weighted by Crippen LogP contribution is -2.00. The van der Waals surface area contributed by atoms with Gasteiger partial charge in [0.05, 0.1) is 5.66 Å². The normalized spacial score (nSPS) is 13.9. The summed E-state index contributed by atoms with van der Waals surface area (Å²) in [5, 5.41) is 0. The van der Waals surface area contributed by atoms with Gasteiger partial charge in [-0.2, -0.15) is 0 Å². The third-order valence-corrected chi connectivity index (χ3v) is 3.20. The molecule has 1 radical (unpaired) electrons. The monoisotopic (exact) mass is 213 g/mol. The summed E-state index contributed by atoms with van der Waals surface area (Å²) in [5.41, 5.74) is -0.101. The van der Waals surface area contributed by atoms with Crippen LogP contribution in [0, 0.1) is 6.42 Å². The van der Waals surface area contributed by atoms with Gasteiger partial charge >= 0.3 is 7.60 Å². The van der Waals surface area contributed by atoms with E-state index in [9.17, 15) is 4.57 Å². The summed E-state index contributed by atoms with van der Waals surface area (Å²) < 4.78 is 11.2. The van der Waals surface area contributed by atoms with Gasteiger partial charge in [-0.15, -0.1) is 0 Å². The zero-order valence-corrected chi connectivity index (χ0v) is 8.89. The molecule has 0 aliphatic rings. The average molecular weight is 213 g/mol. The van der Waals surface area contributed by atoms with Gasteiger partial charge in [0, 0.05) is 0 Å². The van der Waals surface area contributed by atoms with E-state index in [2.05, 4.69) is 0 Å². The van der Waals surface area contributed by atoms with Crippen molar-refractivity contribution in [1.82, 2.24) is 0 Å². The molecule has 0 bridgehead atoms. The predicted octanol–water partition coefficient (Wildman–Crippen LogP) is 2.52. The van der Waals surface area contributed by atoms with Gasteiger partial charge in [0.15, 0.2) is 0 Å². The van der Waals surface area contributed by atoms with Crippen molar-refractivity contribution in [3.8, 4) is 0 Å². The second-order valence-electron chi connectivity index (χ2n) is 3.09. The molecule has 4 heteroatoms. The Balaban J connectivity index is 2.95. The summed E-state index contributed by atoms with van der Waals surface area (Å²) in [4.78, 5) is 18.3. The van der Waals surface area contributed by atoms with Crippen LogP contribution in [0.5, 0.6) is 0 Å². The van der Waals surface area contributed by atoms with Crippen LogP contribution in [-0.2, 0) is 4.57 Å². The molecule has 1 rings (SSSR count). The maximum atomic E-state index is 11.2. The summed E-state index contributed by atoms with van der Waals surface area (Å²) in [6.07, 6.45) is 2.29. The fourth-order valence-electron chi connectivity index (χ4n) is 1.34. The average Bonchev–Trinajstić information content (AvgIpc) is 2.14. The molecule has 0 spiro atoms. The van der Waals surface area contributed by atoms with Gasteiger partial charge in [-0.25, -0.2) is 0 Å². The van der Waals surface area contributed by atoms with Crippen molar-refractivity contribution in [3.63, 3.8) is 0 Å². The Bertz CT molecular complexity index is 317. The highest BCUT2D eigenvalue weighted by Gasteiger charge is 2.29. The Morgan fingerprint density at radius 2 is 1.93 bits per heavy atom. The minimum absolute atomic E-state index is 0.644. The summed E-state index contributed by atoms with van der Waals surface area (Å²) in [6.45, 7) is 1.87. The minimum Gasteiger partial charge on any atom is -0.324 e. The van der Waals surface area contributed by atoms with E-state index in [1.165, 1.54) is 0 Å². The molecule has 0 aromatic heterocycles. The van der Waals surface area contributed by atoms with E-state index in [0.717, 1.165) is 0 Å². The minimum atomic E-state index is -4.07. The molecular weight excluding hydrogens is 199 g/mol. The lowest BCUT2D eigenvalue weighted by atomic mass is 10.1. The summed E-state index contributed by atoms with van der Waals surface area (Å²) in [7, 11) is -4.07. The fraction of sp³-hybridized carbons (Fsp3) is 0.300. The van der Waals surface area contributed by atoms with Crippen molar-refractivity contribution in [2.45, 2.75) is 19.0 Å². The molecule has 1 atom stereocenters. The van der Waals surface area contributed by atoms with Crippen molar-refractivity contribution in [2.75, 3.05) is 0 Å². The molecule has 0 fully saturated rings. The van der Waals surface area contributed by atoms with Crippen LogP contribution in [-0.4, -0.2) is 9.79 Å². The van der Waals surface area contributed by atoms with Crippen LogP contribution in [0.2, 0.25) is 0 Å². The van der Waals surface area contributed by atoms with Gasteiger partial charge in [0.2, 0.25) is 0 Å². The Kier molecular flexibility index (Phi) is 3.87. The molecule has 0 saturated heterocycles. The van der Waals surface area contributed by atoms with E-state index < -0.39 is 13.3 Å². The lowest BCUT2D eigenvalue weighted by Gasteiger charge is -2.17. The maximum absolute atomic E-state index is 11.2. The number of rotatable bonds is 4. The predicted molar refractivity (Wildman–Crippen MR) is 55.8 cm³/mol. The van der Waals surface area contributed by atoms with E-state index in [-0.39, 0.29) is 0 Å². The van der Waals surface area contributed by atoms with Crippen LogP contribution in [0.25, 0.3) is 0 Å². The molecule has 0 aliphatic heterocycles. The molecule has 1 aromatic carbocycles. The van der Waals surface area contributed by atoms with Crippen molar-refractivity contribution >= 4 is 7.60 Å². The molecule has 1 unspecified atom stereocenters. The largest absolute Gasteiger partial charge is 0.333 e. The number of hydrogen-bond donors (Lipinski definition) is 2. The first kappa shape index (κ1) is 11.4. The van der Waals surface area contributed by atoms with Crippen LogP contribution in [0.1, 0.15) is 24.6 Å². The van der Waals surface area contributed by atoms with Crippen LogP contribution in [0.4, 0.5) is 0 Å². The van der Waals surface area contributed by atoms with Gasteiger partial charge in [0.25, 0.3) is 0 Å². The molecule has 0 aliphatic carbocycles. The highest BCUT2D eigenvalue weighted by molar-refractivity contribution is 7.52. The standard InChI is InChI=1S/C10H14O3P/c1-2-6-10(14(11,12)13)9-7-4-3-5-8-9/h3-8,10H,2H2,1H3,(H2,11,12,13). The van der Waals surface area contributed by atoms with Crippen LogP contribution in [0.15, 0.2) is 30.3 Å². The zero-order valence-electron chi connectivity index (χ0n) is 8.00. The second-order valence-corrected chi connectivity index (χ2v) is 4.82. The smallest absolute Gasteiger partial charge is 0.324 e. The molecule has 77 valence electrons. The lowest BCUT2D eigenvalue weighted by molar-refractivity contribution is 0.363. The highest BCUT2D eigenvalue weighted by atomic mass is 31.2. The molecule has 0 heterocycles. The third kappa shape index (κ3) is 2.95. The first-order valence-corrected chi connectivity index (χ1v) is 6.17. The van der Waals surface area contributed by atoms with Crippen molar-refractivity contribution in [3.05, 3.63) is 42.3 Å². The third-order valence-electron chi connectivity index (χ3n) is 1.96. The van der Waals surface area contributed by atoms with Crippen molar-refractivity contribution in [1.29, 1.82) is 0 Å². The van der Waals surface area contributed by atoms with Gasteiger partial charge < -0.3 is 9.79 Å². The summed E-state index contributed by atoms with van der Waals surface area (Å²) in [5.74, 6) is 0. The van der Waals surface area contributed by atoms with E-state index in [0.29, 0.717) is 12.0 Å². The Labute approximate surface area is 83.9 Å². The van der Waals surface area contributed by atoms with E-state index in [4.69, 9.17) is 9.79 Å².